The Bertz CT molecular complexity index is 117. The molecule has 0 heterocycles. The molecule has 0 aromatic rings. The molecule has 1 rings (SSSR count). The van der Waals surface area contributed by atoms with Crippen molar-refractivity contribution in [3.63, 3.8) is 0 Å². The summed E-state index contributed by atoms with van der Waals surface area (Å²) in [6.07, 6.45) is 6.93. The van der Waals surface area contributed by atoms with E-state index in [1.54, 1.807) is 0 Å². The lowest BCUT2D eigenvalue weighted by Crippen LogP contribution is -2.34. The van der Waals surface area contributed by atoms with E-state index < -0.39 is 0 Å². The maximum Gasteiger partial charge on any atom is 0.0170 e. The van der Waals surface area contributed by atoms with Crippen molar-refractivity contribution >= 4 is 0 Å². The van der Waals surface area contributed by atoms with Crippen LogP contribution in [0.4, 0.5) is 0 Å². The highest BCUT2D eigenvalue weighted by Gasteiger charge is 2.17. The molecule has 0 bridgehead atoms. The van der Waals surface area contributed by atoms with Crippen LogP contribution < -0.4 is 5.73 Å². The molecule has 2 heteroatoms. The minimum absolute atomic E-state index is 0.392. The summed E-state index contributed by atoms with van der Waals surface area (Å²) in [6.45, 7) is 1.04. The van der Waals surface area contributed by atoms with Crippen molar-refractivity contribution in [2.45, 2.75) is 38.1 Å². The van der Waals surface area contributed by atoms with Crippen LogP contribution in [0.1, 0.15) is 32.1 Å². The van der Waals surface area contributed by atoms with Crippen LogP contribution >= 0.6 is 0 Å². The number of nitrogens with zero attached hydrogens (tertiary/aromatic N) is 1. The molecule has 1 fully saturated rings. The first kappa shape index (κ1) is 10.0. The second kappa shape index (κ2) is 4.83. The molecule has 0 saturated heterocycles. The van der Waals surface area contributed by atoms with E-state index in [9.17, 15) is 0 Å². The molecular formula is C10H22N2. The van der Waals surface area contributed by atoms with Gasteiger partial charge in [0.25, 0.3) is 0 Å². The summed E-state index contributed by atoms with van der Waals surface area (Å²) in [6, 6.07) is 0.392. The summed E-state index contributed by atoms with van der Waals surface area (Å²) in [4.78, 5) is 2.18. The highest BCUT2D eigenvalue weighted by Crippen LogP contribution is 2.28. The highest BCUT2D eigenvalue weighted by atomic mass is 15.1. The number of hydrogen-bond acceptors (Lipinski definition) is 2. The molecule has 1 aliphatic carbocycles. The molecule has 0 amide bonds. The highest BCUT2D eigenvalue weighted by molar-refractivity contribution is 4.74. The Morgan fingerprint density at radius 3 is 2.42 bits per heavy atom. The molecule has 0 aromatic heterocycles. The Morgan fingerprint density at radius 1 is 1.33 bits per heavy atom. The Hall–Kier alpha value is -0.0800. The first-order valence-corrected chi connectivity index (χ1v) is 5.09. The molecule has 0 aliphatic heterocycles. The van der Waals surface area contributed by atoms with E-state index in [-0.39, 0.29) is 0 Å². The van der Waals surface area contributed by atoms with Crippen molar-refractivity contribution in [1.82, 2.24) is 4.90 Å². The van der Waals surface area contributed by atoms with Crippen molar-refractivity contribution in [3.05, 3.63) is 0 Å². The van der Waals surface area contributed by atoms with Gasteiger partial charge in [0.2, 0.25) is 0 Å². The molecule has 1 saturated carbocycles. The summed E-state index contributed by atoms with van der Waals surface area (Å²) < 4.78 is 0. The van der Waals surface area contributed by atoms with Crippen molar-refractivity contribution in [1.29, 1.82) is 0 Å². The van der Waals surface area contributed by atoms with Gasteiger partial charge in [-0.25, -0.2) is 0 Å². The largest absolute Gasteiger partial charge is 0.327 e. The molecule has 0 aromatic carbocycles. The van der Waals surface area contributed by atoms with Gasteiger partial charge in [0.15, 0.2) is 0 Å². The van der Waals surface area contributed by atoms with Crippen molar-refractivity contribution in [2.24, 2.45) is 11.7 Å². The maximum atomic E-state index is 6.01. The zero-order chi connectivity index (χ0) is 8.97. The standard InChI is InChI=1S/C10H22N2/c1-12(2)8-10(11)7-9-5-3-4-6-9/h9-10H,3-8,11H2,1-2H3. The van der Waals surface area contributed by atoms with Gasteiger partial charge in [-0.2, -0.15) is 0 Å². The number of likely N-dealkylation sites (N-methyl/N-ethyl adjacent to an activating group) is 1. The average molecular weight is 170 g/mol. The monoisotopic (exact) mass is 170 g/mol. The third kappa shape index (κ3) is 3.55. The van der Waals surface area contributed by atoms with Gasteiger partial charge >= 0.3 is 0 Å². The van der Waals surface area contributed by atoms with Crippen LogP contribution in [0.15, 0.2) is 0 Å². The second-order valence-corrected chi connectivity index (χ2v) is 4.41. The number of hydrogen-bond donors (Lipinski definition) is 1. The van der Waals surface area contributed by atoms with E-state index >= 15 is 0 Å². The molecule has 2 nitrogen and oxygen atoms in total. The minimum Gasteiger partial charge on any atom is -0.327 e. The molecule has 0 spiro atoms. The van der Waals surface area contributed by atoms with Gasteiger partial charge in [0.1, 0.15) is 0 Å². The van der Waals surface area contributed by atoms with Crippen LogP contribution in [0.5, 0.6) is 0 Å². The van der Waals surface area contributed by atoms with Gasteiger partial charge in [-0.3, -0.25) is 0 Å². The Balaban J connectivity index is 2.11. The van der Waals surface area contributed by atoms with Gasteiger partial charge in [-0.05, 0) is 26.4 Å². The zero-order valence-corrected chi connectivity index (χ0v) is 8.42. The second-order valence-electron chi connectivity index (χ2n) is 4.41. The smallest absolute Gasteiger partial charge is 0.0170 e. The summed E-state index contributed by atoms with van der Waals surface area (Å²) in [5, 5.41) is 0. The van der Waals surface area contributed by atoms with E-state index in [1.165, 1.54) is 32.1 Å². The molecule has 72 valence electrons. The van der Waals surface area contributed by atoms with E-state index in [4.69, 9.17) is 5.73 Å². The number of nitrogens with two attached hydrogens (primary N) is 1. The van der Waals surface area contributed by atoms with Gasteiger partial charge in [-0.1, -0.05) is 25.7 Å². The molecular weight excluding hydrogens is 148 g/mol. The summed E-state index contributed by atoms with van der Waals surface area (Å²) in [5.41, 5.74) is 6.01. The predicted octanol–water partition coefficient (Wildman–Crippen LogP) is 1.46. The predicted molar refractivity (Wildman–Crippen MR) is 53.1 cm³/mol. The number of rotatable bonds is 4. The topological polar surface area (TPSA) is 29.3 Å². The van der Waals surface area contributed by atoms with Crippen molar-refractivity contribution < 1.29 is 0 Å². The molecule has 12 heavy (non-hydrogen) atoms. The zero-order valence-electron chi connectivity index (χ0n) is 8.42. The van der Waals surface area contributed by atoms with E-state index in [0.717, 1.165) is 12.5 Å². The van der Waals surface area contributed by atoms with Crippen LogP contribution in [-0.2, 0) is 0 Å². The quantitative estimate of drug-likeness (QED) is 0.692. The van der Waals surface area contributed by atoms with E-state index in [1.807, 2.05) is 0 Å². The Morgan fingerprint density at radius 2 is 1.92 bits per heavy atom. The van der Waals surface area contributed by atoms with Crippen LogP contribution in [0.25, 0.3) is 0 Å². The normalized spacial score (nSPS) is 22.0. The van der Waals surface area contributed by atoms with E-state index in [2.05, 4.69) is 19.0 Å². The fraction of sp³-hybridized carbons (Fsp3) is 1.00. The lowest BCUT2D eigenvalue weighted by Gasteiger charge is -2.19. The molecule has 2 N–H and O–H groups in total. The molecule has 1 aliphatic rings. The lowest BCUT2D eigenvalue weighted by atomic mass is 9.99. The Kier molecular flexibility index (Phi) is 4.02. The van der Waals surface area contributed by atoms with Crippen LogP contribution in [0, 0.1) is 5.92 Å². The van der Waals surface area contributed by atoms with Crippen LogP contribution in [-0.4, -0.2) is 31.6 Å². The third-order valence-electron chi connectivity index (χ3n) is 2.71. The van der Waals surface area contributed by atoms with E-state index in [0.29, 0.717) is 6.04 Å². The van der Waals surface area contributed by atoms with Crippen LogP contribution in [0.3, 0.4) is 0 Å². The SMILES string of the molecule is CN(C)CC(N)CC1CCCC1. The molecule has 1 atom stereocenters. The third-order valence-corrected chi connectivity index (χ3v) is 2.71. The minimum atomic E-state index is 0.392. The van der Waals surface area contributed by atoms with Crippen molar-refractivity contribution in [2.75, 3.05) is 20.6 Å². The first-order chi connectivity index (χ1) is 5.68. The molecule has 1 unspecified atom stereocenters. The summed E-state index contributed by atoms with van der Waals surface area (Å²) >= 11 is 0. The fourth-order valence-corrected chi connectivity index (χ4v) is 2.22. The average Bonchev–Trinajstić information content (AvgIpc) is 2.37. The summed E-state index contributed by atoms with van der Waals surface area (Å²) in [7, 11) is 4.18. The van der Waals surface area contributed by atoms with Gasteiger partial charge < -0.3 is 10.6 Å². The first-order valence-electron chi connectivity index (χ1n) is 5.09. The lowest BCUT2D eigenvalue weighted by molar-refractivity contribution is 0.332. The fourth-order valence-electron chi connectivity index (χ4n) is 2.22. The van der Waals surface area contributed by atoms with Gasteiger partial charge in [0, 0.05) is 12.6 Å². The van der Waals surface area contributed by atoms with Crippen molar-refractivity contribution in [3.8, 4) is 0 Å². The van der Waals surface area contributed by atoms with Crippen LogP contribution in [0.2, 0.25) is 0 Å². The van der Waals surface area contributed by atoms with Gasteiger partial charge in [-0.15, -0.1) is 0 Å². The molecule has 0 radical (unpaired) electrons. The maximum absolute atomic E-state index is 6.01. The summed E-state index contributed by atoms with van der Waals surface area (Å²) in [5.74, 6) is 0.931. The Labute approximate surface area is 76.1 Å². The van der Waals surface area contributed by atoms with Gasteiger partial charge in [0.05, 0.1) is 0 Å².